The zero-order chi connectivity index (χ0) is 20.2. The Labute approximate surface area is 172 Å². The molecule has 0 aliphatic heterocycles. The molecule has 2 aromatic rings. The van der Waals surface area contributed by atoms with E-state index in [0.29, 0.717) is 18.7 Å². The van der Waals surface area contributed by atoms with Crippen LogP contribution in [0.4, 0.5) is 5.69 Å². The Bertz CT molecular complexity index is 965. The van der Waals surface area contributed by atoms with E-state index >= 15 is 0 Å². The Balaban J connectivity index is 2.32. The number of carbonyl (C=O) groups excluding carboxylic acids is 1. The number of benzene rings is 2. The van der Waals surface area contributed by atoms with E-state index in [1.165, 1.54) is 31.4 Å². The van der Waals surface area contributed by atoms with Gasteiger partial charge < -0.3 is 10.1 Å². The van der Waals surface area contributed by atoms with Crippen molar-refractivity contribution in [3.05, 3.63) is 56.5 Å². The molecule has 2 N–H and O–H groups in total. The van der Waals surface area contributed by atoms with Gasteiger partial charge in [0.1, 0.15) is 0 Å². The highest BCUT2D eigenvalue weighted by molar-refractivity contribution is 7.92. The average molecular weight is 452 g/mol. The summed E-state index contributed by atoms with van der Waals surface area (Å²) in [5.74, 6) is -0.394. The van der Waals surface area contributed by atoms with Gasteiger partial charge in [-0.05, 0) is 36.8 Å². The molecular weight excluding hydrogens is 435 g/mol. The maximum atomic E-state index is 12.7. The molecule has 0 spiro atoms. The Morgan fingerprint density at radius 3 is 2.41 bits per heavy atom. The first-order chi connectivity index (χ1) is 12.7. The lowest BCUT2D eigenvalue weighted by Crippen LogP contribution is -2.28. The van der Waals surface area contributed by atoms with Gasteiger partial charge in [-0.1, -0.05) is 40.9 Å². The normalized spacial score (nSPS) is 11.3. The molecule has 0 atom stereocenters. The number of sulfonamides is 1. The van der Waals surface area contributed by atoms with E-state index in [4.69, 9.17) is 39.5 Å². The van der Waals surface area contributed by atoms with Gasteiger partial charge >= 0.3 is 0 Å². The van der Waals surface area contributed by atoms with Crippen LogP contribution in [0, 0.1) is 6.92 Å². The molecule has 0 saturated heterocycles. The number of hydrogen-bond donors (Lipinski definition) is 2. The van der Waals surface area contributed by atoms with Gasteiger partial charge in [-0.3, -0.25) is 9.52 Å². The number of rotatable bonds is 7. The van der Waals surface area contributed by atoms with Gasteiger partial charge in [-0.15, -0.1) is 0 Å². The number of carbonyl (C=O) groups is 1. The van der Waals surface area contributed by atoms with Crippen LogP contribution >= 0.6 is 34.8 Å². The van der Waals surface area contributed by atoms with Gasteiger partial charge in [0.2, 0.25) is 0 Å². The lowest BCUT2D eigenvalue weighted by molar-refractivity contribution is 0.0936. The van der Waals surface area contributed by atoms with Crippen molar-refractivity contribution in [2.75, 3.05) is 25.0 Å². The van der Waals surface area contributed by atoms with E-state index in [1.54, 1.807) is 13.0 Å². The van der Waals surface area contributed by atoms with E-state index < -0.39 is 15.9 Å². The van der Waals surface area contributed by atoms with Crippen molar-refractivity contribution >= 4 is 56.4 Å². The number of anilines is 1. The molecule has 0 bridgehead atoms. The van der Waals surface area contributed by atoms with Gasteiger partial charge in [0.05, 0.1) is 32.3 Å². The highest BCUT2D eigenvalue weighted by atomic mass is 35.5. The van der Waals surface area contributed by atoms with Gasteiger partial charge in [0, 0.05) is 19.2 Å². The maximum absolute atomic E-state index is 12.7. The van der Waals surface area contributed by atoms with Crippen molar-refractivity contribution < 1.29 is 17.9 Å². The molecule has 1 amide bonds. The van der Waals surface area contributed by atoms with Crippen LogP contribution in [0.2, 0.25) is 15.1 Å². The molecule has 27 heavy (non-hydrogen) atoms. The molecular formula is C17H17Cl3N2O4S. The number of aryl methyl sites for hydroxylation is 1. The third-order valence-corrected chi connectivity index (χ3v) is 6.01. The van der Waals surface area contributed by atoms with E-state index in [1.807, 2.05) is 0 Å². The van der Waals surface area contributed by atoms with Gasteiger partial charge in [0.15, 0.2) is 0 Å². The summed E-state index contributed by atoms with van der Waals surface area (Å²) in [5.41, 5.74) is 0.961. The van der Waals surface area contributed by atoms with Crippen LogP contribution in [-0.4, -0.2) is 34.6 Å². The molecule has 0 aliphatic carbocycles. The highest BCUT2D eigenvalue weighted by Gasteiger charge is 2.20. The molecule has 6 nitrogen and oxygen atoms in total. The predicted molar refractivity (Wildman–Crippen MR) is 108 cm³/mol. The van der Waals surface area contributed by atoms with E-state index in [2.05, 4.69) is 10.0 Å². The summed E-state index contributed by atoms with van der Waals surface area (Å²) in [6, 6.07) is 6.90. The summed E-state index contributed by atoms with van der Waals surface area (Å²) in [7, 11) is -2.49. The molecule has 0 unspecified atom stereocenters. The van der Waals surface area contributed by atoms with Crippen molar-refractivity contribution in [1.82, 2.24) is 5.32 Å². The molecule has 0 fully saturated rings. The Hall–Kier alpha value is -1.51. The number of halogens is 3. The lowest BCUT2D eigenvalue weighted by atomic mass is 10.1. The number of amides is 1. The second-order valence-electron chi connectivity index (χ2n) is 5.58. The van der Waals surface area contributed by atoms with E-state index in [0.717, 1.165) is 0 Å². The molecule has 2 aromatic carbocycles. The topological polar surface area (TPSA) is 84.5 Å². The minimum absolute atomic E-state index is 0.0812. The molecule has 0 saturated carbocycles. The molecule has 10 heteroatoms. The minimum atomic E-state index is -4.00. The van der Waals surface area contributed by atoms with Crippen molar-refractivity contribution in [2.45, 2.75) is 11.8 Å². The molecule has 146 valence electrons. The van der Waals surface area contributed by atoms with Gasteiger partial charge in [0.25, 0.3) is 15.9 Å². The summed E-state index contributed by atoms with van der Waals surface area (Å²) in [6.07, 6.45) is 0. The standard InChI is InChI=1S/C17H17Cl3N2O4S/c1-10-3-4-11(7-12(10)17(23)21-5-6-26-2)27(24,25)22-16-9-14(19)13(18)8-15(16)20/h3-4,7-9,22H,5-6H2,1-2H3,(H,21,23). The molecule has 0 aromatic heterocycles. The lowest BCUT2D eigenvalue weighted by Gasteiger charge is -2.13. The van der Waals surface area contributed by atoms with E-state index in [-0.39, 0.29) is 31.2 Å². The third-order valence-electron chi connectivity index (χ3n) is 3.61. The van der Waals surface area contributed by atoms with Crippen LogP contribution in [0.5, 0.6) is 0 Å². The minimum Gasteiger partial charge on any atom is -0.383 e. The van der Waals surface area contributed by atoms with Gasteiger partial charge in [-0.2, -0.15) is 0 Å². The second kappa shape index (κ2) is 9.12. The summed E-state index contributed by atoms with van der Waals surface area (Å²) in [6.45, 7) is 2.37. The summed E-state index contributed by atoms with van der Waals surface area (Å²) in [4.78, 5) is 12.2. The Kier molecular flexibility index (Phi) is 7.36. The summed E-state index contributed by atoms with van der Waals surface area (Å²) < 4.78 is 32.6. The van der Waals surface area contributed by atoms with Crippen molar-refractivity contribution in [1.29, 1.82) is 0 Å². The van der Waals surface area contributed by atoms with Crippen LogP contribution < -0.4 is 10.0 Å². The fourth-order valence-corrected chi connectivity index (χ4v) is 3.93. The number of nitrogens with one attached hydrogen (secondary N) is 2. The first kappa shape index (κ1) is 21.8. The zero-order valence-electron chi connectivity index (χ0n) is 14.5. The fraction of sp³-hybridized carbons (Fsp3) is 0.235. The second-order valence-corrected chi connectivity index (χ2v) is 8.48. The number of hydrogen-bond acceptors (Lipinski definition) is 4. The first-order valence-electron chi connectivity index (χ1n) is 7.71. The molecule has 0 heterocycles. The van der Waals surface area contributed by atoms with Crippen LogP contribution in [0.3, 0.4) is 0 Å². The Morgan fingerprint density at radius 1 is 1.07 bits per heavy atom. The third kappa shape index (κ3) is 5.49. The van der Waals surface area contributed by atoms with Crippen LogP contribution in [-0.2, 0) is 14.8 Å². The molecule has 0 radical (unpaired) electrons. The molecule has 2 rings (SSSR count). The monoisotopic (exact) mass is 450 g/mol. The van der Waals surface area contributed by atoms with Gasteiger partial charge in [-0.25, -0.2) is 8.42 Å². The van der Waals surface area contributed by atoms with Crippen molar-refractivity contribution in [2.24, 2.45) is 0 Å². The predicted octanol–water partition coefficient (Wildman–Crippen LogP) is 4.13. The maximum Gasteiger partial charge on any atom is 0.261 e. The highest BCUT2D eigenvalue weighted by Crippen LogP contribution is 2.33. The van der Waals surface area contributed by atoms with Crippen molar-refractivity contribution in [3.63, 3.8) is 0 Å². The largest absolute Gasteiger partial charge is 0.383 e. The zero-order valence-corrected chi connectivity index (χ0v) is 17.6. The Morgan fingerprint density at radius 2 is 1.74 bits per heavy atom. The first-order valence-corrected chi connectivity index (χ1v) is 10.3. The van der Waals surface area contributed by atoms with Crippen LogP contribution in [0.25, 0.3) is 0 Å². The van der Waals surface area contributed by atoms with E-state index in [9.17, 15) is 13.2 Å². The van der Waals surface area contributed by atoms with Crippen LogP contribution in [0.1, 0.15) is 15.9 Å². The number of methoxy groups -OCH3 is 1. The van der Waals surface area contributed by atoms with Crippen LogP contribution in [0.15, 0.2) is 35.2 Å². The number of ether oxygens (including phenoxy) is 1. The average Bonchev–Trinajstić information content (AvgIpc) is 2.59. The quantitative estimate of drug-likeness (QED) is 0.489. The SMILES string of the molecule is COCCNC(=O)c1cc(S(=O)(=O)Nc2cc(Cl)c(Cl)cc2Cl)ccc1C. The fourth-order valence-electron chi connectivity index (χ4n) is 2.18. The summed E-state index contributed by atoms with van der Waals surface area (Å²) >= 11 is 17.8. The molecule has 0 aliphatic rings. The van der Waals surface area contributed by atoms with Crippen molar-refractivity contribution in [3.8, 4) is 0 Å². The summed E-state index contributed by atoms with van der Waals surface area (Å²) in [5, 5.41) is 3.11. The smallest absolute Gasteiger partial charge is 0.261 e.